The van der Waals surface area contributed by atoms with Gasteiger partial charge in [-0.25, -0.2) is 0 Å². The van der Waals surface area contributed by atoms with Crippen molar-refractivity contribution in [2.75, 3.05) is 11.1 Å². The molecule has 128 valence electrons. The summed E-state index contributed by atoms with van der Waals surface area (Å²) in [6, 6.07) is 16.2. The van der Waals surface area contributed by atoms with Crippen molar-refractivity contribution in [3.05, 3.63) is 65.5 Å². The molecular formula is C17H14ClN3O3S. The van der Waals surface area contributed by atoms with Gasteiger partial charge in [0, 0.05) is 10.7 Å². The Hall–Kier alpha value is -2.51. The van der Waals surface area contributed by atoms with E-state index in [1.54, 1.807) is 24.3 Å². The topological polar surface area (TPSA) is 77.2 Å². The summed E-state index contributed by atoms with van der Waals surface area (Å²) in [5.74, 6) is 1.05. The first-order valence-electron chi connectivity index (χ1n) is 7.37. The summed E-state index contributed by atoms with van der Waals surface area (Å²) in [6.07, 6.45) is 0. The van der Waals surface area contributed by atoms with Gasteiger partial charge < -0.3 is 14.5 Å². The number of hydrogen-bond acceptors (Lipinski definition) is 6. The second kappa shape index (κ2) is 8.55. The van der Waals surface area contributed by atoms with Crippen molar-refractivity contribution in [2.45, 2.75) is 11.8 Å². The van der Waals surface area contributed by atoms with Gasteiger partial charge in [0.15, 0.2) is 6.61 Å². The van der Waals surface area contributed by atoms with E-state index in [-0.39, 0.29) is 18.3 Å². The van der Waals surface area contributed by atoms with E-state index in [2.05, 4.69) is 15.5 Å². The SMILES string of the molecule is O=C(CSc1nnc(COc2ccccc2)o1)Nc1ccc(Cl)cc1. The molecule has 8 heteroatoms. The van der Waals surface area contributed by atoms with Gasteiger partial charge in [-0.1, -0.05) is 41.6 Å². The van der Waals surface area contributed by atoms with Crippen LogP contribution in [0.1, 0.15) is 5.89 Å². The lowest BCUT2D eigenvalue weighted by molar-refractivity contribution is -0.113. The number of benzene rings is 2. The van der Waals surface area contributed by atoms with Crippen molar-refractivity contribution in [3.8, 4) is 5.75 Å². The lowest BCUT2D eigenvalue weighted by Crippen LogP contribution is -2.13. The molecule has 3 aromatic rings. The van der Waals surface area contributed by atoms with Crippen LogP contribution in [-0.2, 0) is 11.4 Å². The van der Waals surface area contributed by atoms with E-state index in [0.29, 0.717) is 21.8 Å². The molecule has 0 radical (unpaired) electrons. The number of nitrogens with one attached hydrogen (secondary N) is 1. The number of carbonyl (C=O) groups is 1. The zero-order valence-electron chi connectivity index (χ0n) is 13.0. The molecule has 3 rings (SSSR count). The monoisotopic (exact) mass is 375 g/mol. The zero-order chi connectivity index (χ0) is 17.5. The van der Waals surface area contributed by atoms with Crippen molar-refractivity contribution in [1.29, 1.82) is 0 Å². The van der Waals surface area contributed by atoms with Crippen molar-refractivity contribution < 1.29 is 13.9 Å². The minimum atomic E-state index is -0.174. The van der Waals surface area contributed by atoms with Gasteiger partial charge in [0.25, 0.3) is 11.1 Å². The van der Waals surface area contributed by atoms with Gasteiger partial charge in [0.05, 0.1) is 5.75 Å². The molecule has 1 aromatic heterocycles. The minimum absolute atomic E-state index is 0.157. The van der Waals surface area contributed by atoms with E-state index < -0.39 is 0 Å². The number of nitrogens with zero attached hydrogens (tertiary/aromatic N) is 2. The molecule has 1 amide bonds. The molecule has 0 bridgehead atoms. The second-order valence-electron chi connectivity index (χ2n) is 4.91. The summed E-state index contributed by atoms with van der Waals surface area (Å²) < 4.78 is 11.0. The number of para-hydroxylation sites is 1. The third-order valence-corrected chi connectivity index (χ3v) is 4.08. The molecule has 2 aromatic carbocycles. The predicted molar refractivity (Wildman–Crippen MR) is 95.9 cm³/mol. The first-order valence-corrected chi connectivity index (χ1v) is 8.74. The van der Waals surface area contributed by atoms with Gasteiger partial charge in [-0.2, -0.15) is 0 Å². The molecule has 0 saturated heterocycles. The maximum Gasteiger partial charge on any atom is 0.277 e. The maximum absolute atomic E-state index is 11.9. The summed E-state index contributed by atoms with van der Waals surface area (Å²) >= 11 is 6.96. The van der Waals surface area contributed by atoms with Gasteiger partial charge in [0.2, 0.25) is 5.91 Å². The Morgan fingerprint density at radius 3 is 2.64 bits per heavy atom. The Labute approximate surface area is 153 Å². The minimum Gasteiger partial charge on any atom is -0.484 e. The zero-order valence-corrected chi connectivity index (χ0v) is 14.6. The lowest BCUT2D eigenvalue weighted by atomic mass is 10.3. The van der Waals surface area contributed by atoms with Gasteiger partial charge in [-0.15, -0.1) is 10.2 Å². The lowest BCUT2D eigenvalue weighted by Gasteiger charge is -2.03. The van der Waals surface area contributed by atoms with Crippen molar-refractivity contribution in [1.82, 2.24) is 10.2 Å². The third-order valence-electron chi connectivity index (χ3n) is 3.01. The molecule has 0 atom stereocenters. The Balaban J connectivity index is 1.45. The average Bonchev–Trinajstić information content (AvgIpc) is 3.09. The molecule has 0 aliphatic rings. The molecule has 0 saturated carbocycles. The average molecular weight is 376 g/mol. The summed E-state index contributed by atoms with van der Waals surface area (Å²) in [5, 5.41) is 11.5. The molecule has 1 N–H and O–H groups in total. The highest BCUT2D eigenvalue weighted by molar-refractivity contribution is 7.99. The first-order chi connectivity index (χ1) is 12.2. The van der Waals surface area contributed by atoms with Crippen LogP contribution in [0.2, 0.25) is 5.02 Å². The molecular weight excluding hydrogens is 362 g/mol. The third kappa shape index (κ3) is 5.51. The van der Waals surface area contributed by atoms with E-state index in [4.69, 9.17) is 20.8 Å². The van der Waals surface area contributed by atoms with Crippen LogP contribution in [0.5, 0.6) is 5.75 Å². The van der Waals surface area contributed by atoms with Crippen LogP contribution < -0.4 is 10.1 Å². The number of rotatable bonds is 7. The van der Waals surface area contributed by atoms with Crippen LogP contribution in [0.15, 0.2) is 64.2 Å². The fourth-order valence-corrected chi connectivity index (χ4v) is 2.58. The van der Waals surface area contributed by atoms with E-state index in [9.17, 15) is 4.79 Å². The van der Waals surface area contributed by atoms with Crippen LogP contribution >= 0.6 is 23.4 Å². The fourth-order valence-electron chi connectivity index (χ4n) is 1.87. The van der Waals surface area contributed by atoms with Gasteiger partial charge in [0.1, 0.15) is 5.75 Å². The number of ether oxygens (including phenoxy) is 1. The molecule has 0 aliphatic carbocycles. The van der Waals surface area contributed by atoms with Crippen LogP contribution in [0.25, 0.3) is 0 Å². The Bertz CT molecular complexity index is 825. The van der Waals surface area contributed by atoms with Crippen molar-refractivity contribution >= 4 is 35.0 Å². The molecule has 0 unspecified atom stereocenters. The van der Waals surface area contributed by atoms with Crippen molar-refractivity contribution in [2.24, 2.45) is 0 Å². The normalized spacial score (nSPS) is 10.4. The number of carbonyl (C=O) groups excluding carboxylic acids is 1. The van der Waals surface area contributed by atoms with Crippen LogP contribution in [-0.4, -0.2) is 21.9 Å². The number of anilines is 1. The Morgan fingerprint density at radius 1 is 1.12 bits per heavy atom. The molecule has 0 aliphatic heterocycles. The predicted octanol–water partition coefficient (Wildman–Crippen LogP) is 4.03. The maximum atomic E-state index is 11.9. The molecule has 6 nitrogen and oxygen atoms in total. The Kier molecular flexibility index (Phi) is 5.92. The number of thioether (sulfide) groups is 1. The van der Waals surface area contributed by atoms with E-state index in [1.165, 1.54) is 0 Å². The van der Waals surface area contributed by atoms with Crippen LogP contribution in [0.3, 0.4) is 0 Å². The van der Waals surface area contributed by atoms with E-state index >= 15 is 0 Å². The highest BCUT2D eigenvalue weighted by Crippen LogP contribution is 2.19. The van der Waals surface area contributed by atoms with E-state index in [1.807, 2.05) is 30.3 Å². The highest BCUT2D eigenvalue weighted by atomic mass is 35.5. The summed E-state index contributed by atoms with van der Waals surface area (Å²) in [6.45, 7) is 0.175. The summed E-state index contributed by atoms with van der Waals surface area (Å²) in [4.78, 5) is 11.9. The highest BCUT2D eigenvalue weighted by Gasteiger charge is 2.10. The fraction of sp³-hybridized carbons (Fsp3) is 0.118. The number of halogens is 1. The molecule has 0 fully saturated rings. The standard InChI is InChI=1S/C17H14ClN3O3S/c18-12-6-8-13(9-7-12)19-15(22)11-25-17-21-20-16(24-17)10-23-14-4-2-1-3-5-14/h1-9H,10-11H2,(H,19,22). The quantitative estimate of drug-likeness (QED) is 0.628. The van der Waals surface area contributed by atoms with Crippen LogP contribution in [0, 0.1) is 0 Å². The van der Waals surface area contributed by atoms with Gasteiger partial charge in [-0.05, 0) is 36.4 Å². The molecule has 1 heterocycles. The molecule has 0 spiro atoms. The Morgan fingerprint density at radius 2 is 1.88 bits per heavy atom. The second-order valence-corrected chi connectivity index (χ2v) is 6.27. The number of aromatic nitrogens is 2. The molecule has 25 heavy (non-hydrogen) atoms. The van der Waals surface area contributed by atoms with Crippen molar-refractivity contribution in [3.63, 3.8) is 0 Å². The largest absolute Gasteiger partial charge is 0.484 e. The van der Waals surface area contributed by atoms with Gasteiger partial charge in [-0.3, -0.25) is 4.79 Å². The van der Waals surface area contributed by atoms with E-state index in [0.717, 1.165) is 17.5 Å². The smallest absolute Gasteiger partial charge is 0.277 e. The number of hydrogen-bond donors (Lipinski definition) is 1. The number of amides is 1. The van der Waals surface area contributed by atoms with Gasteiger partial charge >= 0.3 is 0 Å². The summed E-state index contributed by atoms with van der Waals surface area (Å²) in [7, 11) is 0. The van der Waals surface area contributed by atoms with Crippen LogP contribution in [0.4, 0.5) is 5.69 Å². The summed E-state index contributed by atoms with van der Waals surface area (Å²) in [5.41, 5.74) is 0.678. The first kappa shape index (κ1) is 17.3.